The first kappa shape index (κ1) is 15.0. The summed E-state index contributed by atoms with van der Waals surface area (Å²) in [7, 11) is 0. The van der Waals surface area contributed by atoms with E-state index in [1.807, 2.05) is 0 Å². The maximum atomic E-state index is 5.17. The van der Waals surface area contributed by atoms with Crippen LogP contribution >= 0.6 is 12.2 Å². The fourth-order valence-corrected chi connectivity index (χ4v) is 2.68. The highest BCUT2D eigenvalue weighted by Crippen LogP contribution is 2.04. The van der Waals surface area contributed by atoms with Gasteiger partial charge in [0.05, 0.1) is 13.1 Å². The Labute approximate surface area is 127 Å². The summed E-state index contributed by atoms with van der Waals surface area (Å²) < 4.78 is 0. The first-order valence-electron chi connectivity index (χ1n) is 7.32. The van der Waals surface area contributed by atoms with E-state index >= 15 is 0 Å². The predicted octanol–water partition coefficient (Wildman–Crippen LogP) is 1.02. The van der Waals surface area contributed by atoms with Gasteiger partial charge in [0.15, 0.2) is 5.11 Å². The van der Waals surface area contributed by atoms with E-state index in [-0.39, 0.29) is 0 Å². The highest BCUT2D eigenvalue weighted by molar-refractivity contribution is 7.80. The molecule has 1 heterocycles. The van der Waals surface area contributed by atoms with Crippen LogP contribution in [0.2, 0.25) is 0 Å². The van der Waals surface area contributed by atoms with Gasteiger partial charge in [-0.2, -0.15) is 0 Å². The lowest BCUT2D eigenvalue weighted by atomic mass is 10.1. The van der Waals surface area contributed by atoms with Gasteiger partial charge >= 0.3 is 0 Å². The Kier molecular flexibility index (Phi) is 6.02. The van der Waals surface area contributed by atoms with Gasteiger partial charge in [0.25, 0.3) is 0 Å². The molecule has 0 spiro atoms. The van der Waals surface area contributed by atoms with Crippen LogP contribution in [-0.2, 0) is 13.1 Å². The van der Waals surface area contributed by atoms with Gasteiger partial charge in [0.2, 0.25) is 0 Å². The number of quaternary nitrogens is 1. The van der Waals surface area contributed by atoms with E-state index in [4.69, 9.17) is 12.2 Å². The summed E-state index contributed by atoms with van der Waals surface area (Å²) in [5.74, 6) is 0. The number of hydrogen-bond donors (Lipinski definition) is 3. The van der Waals surface area contributed by atoms with Crippen LogP contribution in [0.5, 0.6) is 0 Å². The van der Waals surface area contributed by atoms with Crippen LogP contribution in [0.4, 0.5) is 0 Å². The fourth-order valence-electron chi connectivity index (χ4n) is 2.53. The molecular weight excluding hydrogens is 266 g/mol. The predicted molar refractivity (Wildman–Crippen MR) is 87.7 cm³/mol. The second-order valence-corrected chi connectivity index (χ2v) is 5.71. The van der Waals surface area contributed by atoms with Crippen molar-refractivity contribution in [2.24, 2.45) is 0 Å². The highest BCUT2D eigenvalue weighted by atomic mass is 32.1. The molecule has 3 nitrogen and oxygen atoms in total. The van der Waals surface area contributed by atoms with E-state index in [0.29, 0.717) is 11.7 Å². The third kappa shape index (κ3) is 4.94. The van der Waals surface area contributed by atoms with Crippen molar-refractivity contribution in [2.75, 3.05) is 19.6 Å². The summed E-state index contributed by atoms with van der Waals surface area (Å²) in [6.07, 6.45) is 4.56. The van der Waals surface area contributed by atoms with Gasteiger partial charge < -0.3 is 15.5 Å². The number of benzene rings is 1. The largest absolute Gasteiger partial charge is 0.359 e. The molecule has 0 aromatic heterocycles. The number of thiocarbonyl (C=S) groups is 1. The molecular formula is C16H24N3S+. The molecule has 108 valence electrons. The minimum Gasteiger partial charge on any atom is -0.359 e. The minimum atomic E-state index is 0.676. The monoisotopic (exact) mass is 290 g/mol. The van der Waals surface area contributed by atoms with E-state index in [1.165, 1.54) is 37.1 Å². The lowest BCUT2D eigenvalue weighted by Gasteiger charge is -2.13. The first-order chi connectivity index (χ1) is 9.78. The molecule has 0 aliphatic carbocycles. The summed E-state index contributed by atoms with van der Waals surface area (Å²) in [5.41, 5.74) is 2.69. The molecule has 0 unspecified atom stereocenters. The maximum Gasteiger partial charge on any atom is 0.166 e. The quantitative estimate of drug-likeness (QED) is 0.539. The molecule has 2 rings (SSSR count). The van der Waals surface area contributed by atoms with Crippen molar-refractivity contribution in [1.29, 1.82) is 0 Å². The molecule has 1 aliphatic heterocycles. The van der Waals surface area contributed by atoms with Gasteiger partial charge in [0, 0.05) is 31.5 Å². The molecule has 0 bridgehead atoms. The Balaban J connectivity index is 1.76. The lowest BCUT2D eigenvalue weighted by molar-refractivity contribution is -0.901. The molecule has 1 aliphatic rings. The number of nitrogens with one attached hydrogen (secondary N) is 3. The smallest absolute Gasteiger partial charge is 0.166 e. The van der Waals surface area contributed by atoms with Crippen molar-refractivity contribution in [2.45, 2.75) is 25.9 Å². The molecule has 0 atom stereocenters. The van der Waals surface area contributed by atoms with Gasteiger partial charge in [-0.15, -0.1) is 6.58 Å². The van der Waals surface area contributed by atoms with E-state index in [1.54, 1.807) is 11.0 Å². The third-order valence-electron chi connectivity index (χ3n) is 3.65. The summed E-state index contributed by atoms with van der Waals surface area (Å²) in [6, 6.07) is 8.85. The van der Waals surface area contributed by atoms with Crippen molar-refractivity contribution < 1.29 is 4.90 Å². The van der Waals surface area contributed by atoms with Crippen LogP contribution in [0, 0.1) is 0 Å². The number of likely N-dealkylation sites (tertiary alicyclic amines) is 1. The van der Waals surface area contributed by atoms with Crippen LogP contribution in [-0.4, -0.2) is 24.7 Å². The third-order valence-corrected chi connectivity index (χ3v) is 3.94. The second-order valence-electron chi connectivity index (χ2n) is 5.30. The van der Waals surface area contributed by atoms with E-state index in [9.17, 15) is 0 Å². The summed E-state index contributed by atoms with van der Waals surface area (Å²) >= 11 is 5.17. The van der Waals surface area contributed by atoms with E-state index in [2.05, 4.69) is 41.5 Å². The second kappa shape index (κ2) is 8.02. The summed E-state index contributed by atoms with van der Waals surface area (Å²) in [6.45, 7) is 8.92. The lowest BCUT2D eigenvalue weighted by Crippen LogP contribution is -3.08. The fraction of sp³-hybridized carbons (Fsp3) is 0.438. The van der Waals surface area contributed by atoms with Gasteiger partial charge in [0.1, 0.15) is 6.54 Å². The van der Waals surface area contributed by atoms with Crippen molar-refractivity contribution >= 4 is 17.3 Å². The van der Waals surface area contributed by atoms with E-state index in [0.717, 1.165) is 13.1 Å². The Morgan fingerprint density at radius 2 is 1.80 bits per heavy atom. The van der Waals surface area contributed by atoms with Gasteiger partial charge in [-0.05, 0) is 17.8 Å². The maximum absolute atomic E-state index is 5.17. The van der Waals surface area contributed by atoms with Crippen LogP contribution in [0.15, 0.2) is 36.9 Å². The van der Waals surface area contributed by atoms with Crippen LogP contribution in [0.3, 0.4) is 0 Å². The molecule has 0 radical (unpaired) electrons. The minimum absolute atomic E-state index is 0.676. The van der Waals surface area contributed by atoms with Crippen molar-refractivity contribution in [1.82, 2.24) is 10.6 Å². The van der Waals surface area contributed by atoms with Crippen molar-refractivity contribution in [3.05, 3.63) is 48.0 Å². The number of hydrogen-bond acceptors (Lipinski definition) is 1. The van der Waals surface area contributed by atoms with Crippen LogP contribution in [0.25, 0.3) is 0 Å². The van der Waals surface area contributed by atoms with Crippen molar-refractivity contribution in [3.63, 3.8) is 0 Å². The summed E-state index contributed by atoms with van der Waals surface area (Å²) in [5, 5.41) is 6.93. The SMILES string of the molecule is C=CCNC(=S)NCc1ccc(C[NH+]2CCCC2)cc1. The Bertz CT molecular complexity index is 436. The van der Waals surface area contributed by atoms with Gasteiger partial charge in [-0.25, -0.2) is 0 Å². The standard InChI is InChI=1S/C16H23N3S/c1-2-9-17-16(20)18-12-14-5-7-15(8-6-14)13-19-10-3-4-11-19/h2,5-8H,1,3-4,9-13H2,(H2,17,18,20)/p+1. The zero-order valence-corrected chi connectivity index (χ0v) is 12.8. The Morgan fingerprint density at radius 3 is 2.45 bits per heavy atom. The first-order valence-corrected chi connectivity index (χ1v) is 7.73. The molecule has 0 amide bonds. The van der Waals surface area contributed by atoms with E-state index < -0.39 is 0 Å². The molecule has 3 N–H and O–H groups in total. The van der Waals surface area contributed by atoms with Gasteiger partial charge in [-0.1, -0.05) is 30.3 Å². The zero-order valence-electron chi connectivity index (χ0n) is 12.0. The van der Waals surface area contributed by atoms with Crippen molar-refractivity contribution in [3.8, 4) is 0 Å². The Morgan fingerprint density at radius 1 is 1.15 bits per heavy atom. The molecule has 0 saturated carbocycles. The number of rotatable bonds is 6. The van der Waals surface area contributed by atoms with Crippen LogP contribution in [0.1, 0.15) is 24.0 Å². The topological polar surface area (TPSA) is 28.5 Å². The molecule has 20 heavy (non-hydrogen) atoms. The molecule has 1 aromatic rings. The normalized spacial score (nSPS) is 15.0. The zero-order chi connectivity index (χ0) is 14.2. The molecule has 1 saturated heterocycles. The summed E-state index contributed by atoms with van der Waals surface area (Å²) in [4.78, 5) is 1.71. The van der Waals surface area contributed by atoms with Crippen LogP contribution < -0.4 is 15.5 Å². The average Bonchev–Trinajstić information content (AvgIpc) is 2.97. The average molecular weight is 290 g/mol. The molecule has 1 aromatic carbocycles. The molecule has 4 heteroatoms. The highest BCUT2D eigenvalue weighted by Gasteiger charge is 2.15. The van der Waals surface area contributed by atoms with Gasteiger partial charge in [-0.3, -0.25) is 0 Å². The molecule has 1 fully saturated rings. The Hall–Kier alpha value is -1.39.